The molecule has 4 rings (SSSR count). The first-order valence-corrected chi connectivity index (χ1v) is 8.48. The molecule has 1 aromatic carbocycles. The van der Waals surface area contributed by atoms with Gasteiger partial charge in [-0.1, -0.05) is 0 Å². The van der Waals surface area contributed by atoms with Gasteiger partial charge in [-0.2, -0.15) is 13.2 Å². The third-order valence-corrected chi connectivity index (χ3v) is 4.95. The zero-order valence-electron chi connectivity index (χ0n) is 14.2. The zero-order valence-corrected chi connectivity index (χ0v) is 14.2. The normalized spacial score (nSPS) is 16.0. The Labute approximate surface area is 151 Å². The van der Waals surface area contributed by atoms with Crippen molar-refractivity contribution in [2.45, 2.75) is 31.0 Å². The van der Waals surface area contributed by atoms with Crippen LogP contribution in [0.2, 0.25) is 0 Å². The fourth-order valence-corrected chi connectivity index (χ4v) is 3.32. The van der Waals surface area contributed by atoms with E-state index in [0.29, 0.717) is 43.3 Å². The summed E-state index contributed by atoms with van der Waals surface area (Å²) >= 11 is 0. The van der Waals surface area contributed by atoms with Crippen molar-refractivity contribution in [3.05, 3.63) is 71.2 Å². The van der Waals surface area contributed by atoms with Crippen molar-refractivity contribution in [1.29, 1.82) is 0 Å². The fraction of sp³-hybridized carbons (Fsp3) is 0.316. The van der Waals surface area contributed by atoms with Gasteiger partial charge in [-0.25, -0.2) is 13.8 Å². The average Bonchev–Trinajstić information content (AvgIpc) is 3.26. The van der Waals surface area contributed by atoms with E-state index in [1.54, 1.807) is 22.9 Å². The van der Waals surface area contributed by atoms with E-state index < -0.39 is 28.8 Å². The number of hydrogen-bond donors (Lipinski definition) is 1. The number of hydrogen-bond acceptors (Lipinski definition) is 2. The first kappa shape index (κ1) is 17.9. The number of pyridine rings is 1. The van der Waals surface area contributed by atoms with Crippen LogP contribution in [0.3, 0.4) is 0 Å². The molecular weight excluding hydrogens is 365 g/mol. The summed E-state index contributed by atoms with van der Waals surface area (Å²) in [5, 5.41) is 3.16. The van der Waals surface area contributed by atoms with Crippen LogP contribution in [0.4, 0.5) is 22.0 Å². The summed E-state index contributed by atoms with van der Waals surface area (Å²) in [7, 11) is 0. The third kappa shape index (κ3) is 3.53. The standard InChI is InChI=1S/C19H16F5N3/c20-14-7-12(6-13(8-14)19(22,23)24)18(3-4-18)11-25-9-15-10-27-5-1-2-16(21)17(27)26-15/h1-2,5-8,10,25H,3-4,9,11H2. The molecule has 27 heavy (non-hydrogen) atoms. The largest absolute Gasteiger partial charge is 0.416 e. The Morgan fingerprint density at radius 3 is 2.59 bits per heavy atom. The SMILES string of the molecule is Fc1cc(C(F)(F)F)cc(C2(CNCc3cn4cccc(F)c4n3)CC2)c1. The minimum absolute atomic E-state index is 0.218. The number of benzene rings is 1. The maximum Gasteiger partial charge on any atom is 0.416 e. The van der Waals surface area contributed by atoms with Crippen LogP contribution in [0.15, 0.2) is 42.7 Å². The molecule has 1 aliphatic carbocycles. The van der Waals surface area contributed by atoms with Crippen LogP contribution in [-0.2, 0) is 18.1 Å². The molecule has 142 valence electrons. The molecule has 1 fully saturated rings. The lowest BCUT2D eigenvalue weighted by Crippen LogP contribution is -2.27. The van der Waals surface area contributed by atoms with Crippen molar-refractivity contribution < 1.29 is 22.0 Å². The van der Waals surface area contributed by atoms with Gasteiger partial charge in [0.25, 0.3) is 0 Å². The van der Waals surface area contributed by atoms with Gasteiger partial charge in [0.2, 0.25) is 0 Å². The quantitative estimate of drug-likeness (QED) is 0.662. The Bertz CT molecular complexity index is 989. The Hall–Kier alpha value is -2.48. The monoisotopic (exact) mass is 381 g/mol. The molecule has 0 atom stereocenters. The first-order valence-electron chi connectivity index (χ1n) is 8.48. The Kier molecular flexibility index (Phi) is 4.18. The third-order valence-electron chi connectivity index (χ3n) is 4.95. The van der Waals surface area contributed by atoms with Gasteiger partial charge in [0.05, 0.1) is 11.3 Å². The van der Waals surface area contributed by atoms with Crippen molar-refractivity contribution in [1.82, 2.24) is 14.7 Å². The van der Waals surface area contributed by atoms with Crippen molar-refractivity contribution in [3.63, 3.8) is 0 Å². The summed E-state index contributed by atoms with van der Waals surface area (Å²) in [6.45, 7) is 0.731. The van der Waals surface area contributed by atoms with E-state index in [0.717, 1.165) is 6.07 Å². The molecule has 0 radical (unpaired) electrons. The number of nitrogens with zero attached hydrogens (tertiary/aromatic N) is 2. The lowest BCUT2D eigenvalue weighted by molar-refractivity contribution is -0.137. The minimum atomic E-state index is -4.58. The van der Waals surface area contributed by atoms with Gasteiger partial charge in [-0.05, 0) is 48.7 Å². The van der Waals surface area contributed by atoms with E-state index in [4.69, 9.17) is 0 Å². The topological polar surface area (TPSA) is 29.3 Å². The molecule has 2 aromatic heterocycles. The van der Waals surface area contributed by atoms with Crippen LogP contribution >= 0.6 is 0 Å². The number of nitrogens with one attached hydrogen (secondary N) is 1. The summed E-state index contributed by atoms with van der Waals surface area (Å²) in [5.74, 6) is -1.32. The van der Waals surface area contributed by atoms with E-state index >= 15 is 0 Å². The molecule has 0 bridgehead atoms. The highest BCUT2D eigenvalue weighted by Crippen LogP contribution is 2.49. The smallest absolute Gasteiger partial charge is 0.310 e. The van der Waals surface area contributed by atoms with E-state index in [1.807, 2.05) is 0 Å². The van der Waals surface area contributed by atoms with Crippen molar-refractivity contribution >= 4 is 5.65 Å². The molecule has 3 nitrogen and oxygen atoms in total. The van der Waals surface area contributed by atoms with E-state index in [2.05, 4.69) is 10.3 Å². The molecule has 0 amide bonds. The second-order valence-electron chi connectivity index (χ2n) is 6.93. The molecule has 1 saturated carbocycles. The molecule has 0 saturated heterocycles. The molecule has 0 unspecified atom stereocenters. The number of imidazole rings is 1. The number of rotatable bonds is 5. The Morgan fingerprint density at radius 2 is 1.93 bits per heavy atom. The molecular formula is C19H16F5N3. The van der Waals surface area contributed by atoms with Gasteiger partial charge < -0.3 is 9.72 Å². The van der Waals surface area contributed by atoms with Crippen molar-refractivity contribution in [3.8, 4) is 0 Å². The molecule has 0 spiro atoms. The highest BCUT2D eigenvalue weighted by atomic mass is 19.4. The number of halogens is 5. The highest BCUT2D eigenvalue weighted by molar-refractivity contribution is 5.41. The summed E-state index contributed by atoms with van der Waals surface area (Å²) < 4.78 is 67.8. The summed E-state index contributed by atoms with van der Waals surface area (Å²) in [4.78, 5) is 4.20. The molecule has 3 aromatic rings. The molecule has 1 N–H and O–H groups in total. The van der Waals surface area contributed by atoms with Crippen LogP contribution in [0, 0.1) is 11.6 Å². The Balaban J connectivity index is 1.48. The van der Waals surface area contributed by atoms with Gasteiger partial charge in [0.15, 0.2) is 11.5 Å². The zero-order chi connectivity index (χ0) is 19.2. The first-order chi connectivity index (χ1) is 12.8. The van der Waals surface area contributed by atoms with Crippen molar-refractivity contribution in [2.24, 2.45) is 0 Å². The van der Waals surface area contributed by atoms with Gasteiger partial charge >= 0.3 is 6.18 Å². The second-order valence-corrected chi connectivity index (χ2v) is 6.93. The predicted octanol–water partition coefficient (Wildman–Crippen LogP) is 4.45. The second kappa shape index (κ2) is 6.30. The highest BCUT2D eigenvalue weighted by Gasteiger charge is 2.45. The summed E-state index contributed by atoms with van der Waals surface area (Å²) in [5.41, 5.74) is -0.295. The van der Waals surface area contributed by atoms with E-state index in [1.165, 1.54) is 12.1 Å². The molecule has 0 aliphatic heterocycles. The fourth-order valence-electron chi connectivity index (χ4n) is 3.32. The summed E-state index contributed by atoms with van der Waals surface area (Å²) in [6, 6.07) is 5.60. The average molecular weight is 381 g/mol. The van der Waals surface area contributed by atoms with Crippen molar-refractivity contribution in [2.75, 3.05) is 6.54 Å². The summed E-state index contributed by atoms with van der Waals surface area (Å²) in [6.07, 6.45) is 0.152. The lowest BCUT2D eigenvalue weighted by Gasteiger charge is -2.18. The van der Waals surface area contributed by atoms with Crippen LogP contribution in [0.1, 0.15) is 29.7 Å². The van der Waals surface area contributed by atoms with Gasteiger partial charge in [-0.15, -0.1) is 0 Å². The predicted molar refractivity (Wildman–Crippen MR) is 89.2 cm³/mol. The van der Waals surface area contributed by atoms with E-state index in [9.17, 15) is 22.0 Å². The van der Waals surface area contributed by atoms with E-state index in [-0.39, 0.29) is 5.65 Å². The maximum absolute atomic E-state index is 13.7. The maximum atomic E-state index is 13.7. The molecule has 8 heteroatoms. The minimum Gasteiger partial charge on any atom is -0.310 e. The molecule has 1 aliphatic rings. The van der Waals surface area contributed by atoms with Gasteiger partial charge in [0, 0.05) is 30.9 Å². The molecule has 2 heterocycles. The number of fused-ring (bicyclic) bond motifs is 1. The van der Waals surface area contributed by atoms with Crippen LogP contribution in [0.5, 0.6) is 0 Å². The number of alkyl halides is 3. The van der Waals surface area contributed by atoms with Gasteiger partial charge in [0.1, 0.15) is 5.82 Å². The lowest BCUT2D eigenvalue weighted by atomic mass is 9.94. The van der Waals surface area contributed by atoms with Crippen LogP contribution in [0.25, 0.3) is 5.65 Å². The Morgan fingerprint density at radius 1 is 1.15 bits per heavy atom. The van der Waals surface area contributed by atoms with Gasteiger partial charge in [-0.3, -0.25) is 0 Å². The number of aromatic nitrogens is 2. The van der Waals surface area contributed by atoms with Crippen LogP contribution < -0.4 is 5.32 Å². The van der Waals surface area contributed by atoms with Crippen LogP contribution in [-0.4, -0.2) is 15.9 Å².